The van der Waals surface area contributed by atoms with Crippen LogP contribution in [0, 0.1) is 6.92 Å². The quantitative estimate of drug-likeness (QED) is 0.555. The molecule has 5 nitrogen and oxygen atoms in total. The molecule has 0 radical (unpaired) electrons. The van der Waals surface area contributed by atoms with Crippen LogP contribution in [-0.2, 0) is 11.3 Å². The number of rotatable bonds is 7. The number of hydrogen-bond donors (Lipinski definition) is 2. The van der Waals surface area contributed by atoms with Crippen molar-refractivity contribution in [3.63, 3.8) is 0 Å². The Morgan fingerprint density at radius 2 is 1.72 bits per heavy atom. The summed E-state index contributed by atoms with van der Waals surface area (Å²) >= 11 is 0. The fourth-order valence-corrected chi connectivity index (χ4v) is 3.41. The first-order valence-corrected chi connectivity index (χ1v) is 10.7. The molecule has 0 aromatic heterocycles. The van der Waals surface area contributed by atoms with Crippen LogP contribution in [0.2, 0.25) is 0 Å². The minimum atomic E-state index is 0.423. The van der Waals surface area contributed by atoms with Crippen LogP contribution >= 0.6 is 0 Å². The SMILES string of the molecule is CCNC(=NCc1ccc(N2CCOCC2)cc1)NCC(C)c1ccc(C)cc1. The van der Waals surface area contributed by atoms with Crippen LogP contribution in [0.3, 0.4) is 0 Å². The van der Waals surface area contributed by atoms with E-state index in [-0.39, 0.29) is 0 Å². The molecular weight excluding hydrogens is 360 g/mol. The summed E-state index contributed by atoms with van der Waals surface area (Å²) in [5, 5.41) is 6.83. The molecule has 2 aromatic rings. The van der Waals surface area contributed by atoms with Crippen molar-refractivity contribution in [1.29, 1.82) is 0 Å². The summed E-state index contributed by atoms with van der Waals surface area (Å²) < 4.78 is 5.43. The summed E-state index contributed by atoms with van der Waals surface area (Å²) in [7, 11) is 0. The lowest BCUT2D eigenvalue weighted by Gasteiger charge is -2.28. The highest BCUT2D eigenvalue weighted by Crippen LogP contribution is 2.17. The molecule has 1 aliphatic rings. The number of nitrogens with zero attached hydrogens (tertiary/aromatic N) is 2. The second kappa shape index (κ2) is 10.9. The van der Waals surface area contributed by atoms with Crippen LogP contribution in [0.4, 0.5) is 5.69 Å². The molecule has 3 rings (SSSR count). The van der Waals surface area contributed by atoms with Gasteiger partial charge in [0.05, 0.1) is 19.8 Å². The summed E-state index contributed by atoms with van der Waals surface area (Å²) in [4.78, 5) is 7.14. The predicted octanol–water partition coefficient (Wildman–Crippen LogP) is 3.69. The fourth-order valence-electron chi connectivity index (χ4n) is 3.41. The molecule has 0 bridgehead atoms. The van der Waals surface area contributed by atoms with E-state index >= 15 is 0 Å². The van der Waals surface area contributed by atoms with Crippen LogP contribution in [-0.4, -0.2) is 45.4 Å². The van der Waals surface area contributed by atoms with Crippen LogP contribution in [0.1, 0.15) is 36.5 Å². The molecular formula is C24H34N4O. The number of guanidine groups is 1. The van der Waals surface area contributed by atoms with E-state index in [1.54, 1.807) is 0 Å². The molecule has 2 aromatic carbocycles. The van der Waals surface area contributed by atoms with E-state index in [0.29, 0.717) is 12.5 Å². The zero-order chi connectivity index (χ0) is 20.5. The first-order chi connectivity index (χ1) is 14.2. The molecule has 1 heterocycles. The van der Waals surface area contributed by atoms with Crippen molar-refractivity contribution < 1.29 is 4.74 Å². The van der Waals surface area contributed by atoms with Crippen molar-refractivity contribution in [2.75, 3.05) is 44.3 Å². The molecule has 0 saturated carbocycles. The van der Waals surface area contributed by atoms with Crippen LogP contribution in [0.5, 0.6) is 0 Å². The van der Waals surface area contributed by atoms with E-state index in [2.05, 4.69) is 84.8 Å². The van der Waals surface area contributed by atoms with E-state index in [4.69, 9.17) is 9.73 Å². The lowest BCUT2D eigenvalue weighted by molar-refractivity contribution is 0.122. The summed E-state index contributed by atoms with van der Waals surface area (Å²) in [6.45, 7) is 12.4. The van der Waals surface area contributed by atoms with Gasteiger partial charge in [-0.15, -0.1) is 0 Å². The van der Waals surface area contributed by atoms with Gasteiger partial charge in [-0.3, -0.25) is 0 Å². The monoisotopic (exact) mass is 394 g/mol. The normalized spacial score (nSPS) is 15.8. The Morgan fingerprint density at radius 3 is 2.38 bits per heavy atom. The smallest absolute Gasteiger partial charge is 0.191 e. The van der Waals surface area contributed by atoms with Crippen molar-refractivity contribution >= 4 is 11.6 Å². The highest BCUT2D eigenvalue weighted by Gasteiger charge is 2.11. The fraction of sp³-hybridized carbons (Fsp3) is 0.458. The molecule has 1 unspecified atom stereocenters. The van der Waals surface area contributed by atoms with Gasteiger partial charge in [0.2, 0.25) is 0 Å². The molecule has 1 fully saturated rings. The molecule has 0 spiro atoms. The Labute approximate surface area is 175 Å². The number of hydrogen-bond acceptors (Lipinski definition) is 3. The predicted molar refractivity (Wildman–Crippen MR) is 122 cm³/mol. The molecule has 5 heteroatoms. The maximum absolute atomic E-state index is 5.43. The third-order valence-electron chi connectivity index (χ3n) is 5.30. The second-order valence-electron chi connectivity index (χ2n) is 7.65. The number of anilines is 1. The summed E-state index contributed by atoms with van der Waals surface area (Å²) in [5.74, 6) is 1.29. The minimum absolute atomic E-state index is 0.423. The third kappa shape index (κ3) is 6.50. The van der Waals surface area contributed by atoms with Crippen molar-refractivity contribution in [3.05, 3.63) is 65.2 Å². The molecule has 1 atom stereocenters. The van der Waals surface area contributed by atoms with Gasteiger partial charge in [0.15, 0.2) is 5.96 Å². The highest BCUT2D eigenvalue weighted by atomic mass is 16.5. The summed E-state index contributed by atoms with van der Waals surface area (Å²) in [6.07, 6.45) is 0. The largest absolute Gasteiger partial charge is 0.378 e. The Bertz CT molecular complexity index is 764. The second-order valence-corrected chi connectivity index (χ2v) is 7.65. The number of ether oxygens (including phenoxy) is 1. The van der Waals surface area contributed by atoms with E-state index in [1.165, 1.54) is 22.4 Å². The first-order valence-electron chi connectivity index (χ1n) is 10.7. The topological polar surface area (TPSA) is 48.9 Å². The van der Waals surface area contributed by atoms with Gasteiger partial charge in [0.1, 0.15) is 0 Å². The van der Waals surface area contributed by atoms with Gasteiger partial charge in [0, 0.05) is 31.9 Å². The lowest BCUT2D eigenvalue weighted by atomic mass is 10.0. The van der Waals surface area contributed by atoms with Gasteiger partial charge < -0.3 is 20.3 Å². The number of nitrogens with one attached hydrogen (secondary N) is 2. The average Bonchev–Trinajstić information content (AvgIpc) is 2.77. The molecule has 1 saturated heterocycles. The van der Waals surface area contributed by atoms with Crippen molar-refractivity contribution in [3.8, 4) is 0 Å². The Morgan fingerprint density at radius 1 is 1.03 bits per heavy atom. The molecule has 156 valence electrons. The molecule has 1 aliphatic heterocycles. The molecule has 0 amide bonds. The van der Waals surface area contributed by atoms with E-state index < -0.39 is 0 Å². The molecule has 29 heavy (non-hydrogen) atoms. The number of aryl methyl sites for hydroxylation is 1. The zero-order valence-corrected chi connectivity index (χ0v) is 17.9. The van der Waals surface area contributed by atoms with Crippen LogP contribution in [0.15, 0.2) is 53.5 Å². The van der Waals surface area contributed by atoms with Gasteiger partial charge in [-0.1, -0.05) is 48.9 Å². The zero-order valence-electron chi connectivity index (χ0n) is 17.9. The van der Waals surface area contributed by atoms with Gasteiger partial charge in [-0.2, -0.15) is 0 Å². The van der Waals surface area contributed by atoms with Gasteiger partial charge in [0.25, 0.3) is 0 Å². The highest BCUT2D eigenvalue weighted by molar-refractivity contribution is 5.79. The maximum Gasteiger partial charge on any atom is 0.191 e. The first kappa shape index (κ1) is 21.2. The minimum Gasteiger partial charge on any atom is -0.378 e. The van der Waals surface area contributed by atoms with Crippen LogP contribution < -0.4 is 15.5 Å². The van der Waals surface area contributed by atoms with Gasteiger partial charge in [-0.25, -0.2) is 4.99 Å². The summed E-state index contributed by atoms with van der Waals surface area (Å²) in [5.41, 5.74) is 5.12. The van der Waals surface area contributed by atoms with Crippen molar-refractivity contribution in [2.24, 2.45) is 4.99 Å². The average molecular weight is 395 g/mol. The summed E-state index contributed by atoms with van der Waals surface area (Å²) in [6, 6.07) is 17.5. The Hall–Kier alpha value is -2.53. The maximum atomic E-state index is 5.43. The third-order valence-corrected chi connectivity index (χ3v) is 5.30. The molecule has 0 aliphatic carbocycles. The number of morpholine rings is 1. The van der Waals surface area contributed by atoms with Gasteiger partial charge in [-0.05, 0) is 43.0 Å². The van der Waals surface area contributed by atoms with Crippen molar-refractivity contribution in [2.45, 2.75) is 33.2 Å². The van der Waals surface area contributed by atoms with Gasteiger partial charge >= 0.3 is 0 Å². The van der Waals surface area contributed by atoms with Crippen LogP contribution in [0.25, 0.3) is 0 Å². The van der Waals surface area contributed by atoms with E-state index in [0.717, 1.165) is 45.4 Å². The number of benzene rings is 2. The standard InChI is InChI=1S/C24H34N4O/c1-4-25-24(26-17-20(3)22-9-5-19(2)6-10-22)27-18-21-7-11-23(12-8-21)28-13-15-29-16-14-28/h5-12,20H,4,13-18H2,1-3H3,(H2,25,26,27). The number of aliphatic imine (C=N–C) groups is 1. The lowest BCUT2D eigenvalue weighted by Crippen LogP contribution is -2.39. The Balaban J connectivity index is 1.54. The van der Waals surface area contributed by atoms with E-state index in [9.17, 15) is 0 Å². The van der Waals surface area contributed by atoms with Crippen molar-refractivity contribution in [1.82, 2.24) is 10.6 Å². The Kier molecular flexibility index (Phi) is 7.94. The van der Waals surface area contributed by atoms with E-state index in [1.807, 2.05) is 0 Å². The molecule has 2 N–H and O–H groups in total.